The number of rotatable bonds is 6. The molecule has 2 heterocycles. The van der Waals surface area contributed by atoms with Crippen LogP contribution >= 0.6 is 0 Å². The van der Waals surface area contributed by atoms with Crippen molar-refractivity contribution in [2.45, 2.75) is 38.8 Å². The van der Waals surface area contributed by atoms with E-state index in [4.69, 9.17) is 0 Å². The highest BCUT2D eigenvalue weighted by atomic mass is 16.3. The number of nitrogens with zero attached hydrogens (tertiary/aromatic N) is 2. The molecule has 0 spiro atoms. The van der Waals surface area contributed by atoms with Gasteiger partial charge in [-0.3, -0.25) is 4.79 Å². The summed E-state index contributed by atoms with van der Waals surface area (Å²) in [5.41, 5.74) is 0. The first kappa shape index (κ1) is 16.0. The Balaban J connectivity index is 1.68. The maximum atomic E-state index is 12.0. The van der Waals surface area contributed by atoms with E-state index in [1.165, 1.54) is 12.8 Å². The van der Waals surface area contributed by atoms with Gasteiger partial charge in [-0.15, -0.1) is 0 Å². The number of nitrogens with one attached hydrogen (secondary N) is 1. The fraction of sp³-hybridized carbons (Fsp3) is 0.688. The molecule has 2 N–H and O–H groups in total. The number of amides is 1. The Hall–Kier alpha value is -1.33. The van der Waals surface area contributed by atoms with Crippen molar-refractivity contribution in [3.8, 4) is 0 Å². The predicted octanol–water partition coefficient (Wildman–Crippen LogP) is 1.26. The van der Waals surface area contributed by atoms with Gasteiger partial charge in [0, 0.05) is 25.5 Å². The molecule has 1 amide bonds. The highest BCUT2D eigenvalue weighted by Gasteiger charge is 2.19. The van der Waals surface area contributed by atoms with Crippen molar-refractivity contribution in [2.24, 2.45) is 5.92 Å². The fourth-order valence-electron chi connectivity index (χ4n) is 2.71. The third-order valence-corrected chi connectivity index (χ3v) is 4.31. The lowest BCUT2D eigenvalue weighted by atomic mass is 9.99. The van der Waals surface area contributed by atoms with E-state index in [2.05, 4.69) is 17.1 Å². The van der Waals surface area contributed by atoms with Gasteiger partial charge in [0.2, 0.25) is 5.91 Å². The molecule has 1 aliphatic rings. The quantitative estimate of drug-likeness (QED) is 0.830. The molecule has 5 nitrogen and oxygen atoms in total. The predicted molar refractivity (Wildman–Crippen MR) is 83.0 cm³/mol. The van der Waals surface area contributed by atoms with Crippen molar-refractivity contribution in [2.75, 3.05) is 26.2 Å². The second-order valence-corrected chi connectivity index (χ2v) is 6.19. The van der Waals surface area contributed by atoms with Crippen molar-refractivity contribution in [3.05, 3.63) is 24.5 Å². The summed E-state index contributed by atoms with van der Waals surface area (Å²) in [7, 11) is 0. The van der Waals surface area contributed by atoms with E-state index in [1.54, 1.807) is 0 Å². The molecule has 1 saturated heterocycles. The van der Waals surface area contributed by atoms with E-state index in [0.29, 0.717) is 13.1 Å². The van der Waals surface area contributed by atoms with Gasteiger partial charge in [0.05, 0.1) is 6.10 Å². The highest BCUT2D eigenvalue weighted by molar-refractivity contribution is 5.79. The molecule has 2 unspecified atom stereocenters. The standard InChI is InChI=1S/C16H27N3O2/c1-13-5-9-18(10-6-13)12-15(20)11-17-16(21)14(2)19-7-3-4-8-19/h3-4,7-8,13-15,20H,5-6,9-12H2,1-2H3,(H,17,21). The van der Waals surface area contributed by atoms with Gasteiger partial charge in [-0.2, -0.15) is 0 Å². The Labute approximate surface area is 126 Å². The van der Waals surface area contributed by atoms with Crippen molar-refractivity contribution in [1.29, 1.82) is 0 Å². The molecule has 2 atom stereocenters. The van der Waals surface area contributed by atoms with Crippen LogP contribution in [0.5, 0.6) is 0 Å². The van der Waals surface area contributed by atoms with E-state index in [-0.39, 0.29) is 11.9 Å². The second-order valence-electron chi connectivity index (χ2n) is 6.19. The van der Waals surface area contributed by atoms with Crippen LogP contribution in [0.3, 0.4) is 0 Å². The van der Waals surface area contributed by atoms with Crippen molar-refractivity contribution in [1.82, 2.24) is 14.8 Å². The number of aromatic nitrogens is 1. The van der Waals surface area contributed by atoms with Crippen LogP contribution in [0.25, 0.3) is 0 Å². The molecule has 1 aromatic heterocycles. The molecule has 0 aromatic carbocycles. The highest BCUT2D eigenvalue weighted by Crippen LogP contribution is 2.15. The lowest BCUT2D eigenvalue weighted by Gasteiger charge is -2.31. The van der Waals surface area contributed by atoms with E-state index in [1.807, 2.05) is 36.0 Å². The average Bonchev–Trinajstić information content (AvgIpc) is 3.00. The van der Waals surface area contributed by atoms with Crippen LogP contribution < -0.4 is 5.32 Å². The first-order chi connectivity index (χ1) is 10.1. The fourth-order valence-corrected chi connectivity index (χ4v) is 2.71. The number of piperidine rings is 1. The first-order valence-corrected chi connectivity index (χ1v) is 7.87. The minimum Gasteiger partial charge on any atom is -0.390 e. The zero-order valence-corrected chi connectivity index (χ0v) is 13.0. The Bertz CT molecular complexity index is 425. The SMILES string of the molecule is CC1CCN(CC(O)CNC(=O)C(C)n2cccc2)CC1. The summed E-state index contributed by atoms with van der Waals surface area (Å²) in [6.07, 6.45) is 5.64. The average molecular weight is 293 g/mol. The summed E-state index contributed by atoms with van der Waals surface area (Å²) in [5.74, 6) is 0.734. The third kappa shape index (κ3) is 4.86. The summed E-state index contributed by atoms with van der Waals surface area (Å²) in [5, 5.41) is 12.9. The van der Waals surface area contributed by atoms with Gasteiger partial charge in [0.1, 0.15) is 6.04 Å². The van der Waals surface area contributed by atoms with Crippen molar-refractivity contribution < 1.29 is 9.90 Å². The minimum atomic E-state index is -0.501. The number of hydrogen-bond donors (Lipinski definition) is 2. The van der Waals surface area contributed by atoms with E-state index >= 15 is 0 Å². The molecule has 0 radical (unpaired) electrons. The maximum absolute atomic E-state index is 12.0. The molecule has 1 aromatic rings. The molecule has 118 valence electrons. The van der Waals surface area contributed by atoms with Crippen LogP contribution in [0.4, 0.5) is 0 Å². The monoisotopic (exact) mass is 293 g/mol. The summed E-state index contributed by atoms with van der Waals surface area (Å²) >= 11 is 0. The lowest BCUT2D eigenvalue weighted by Crippen LogP contribution is -2.44. The van der Waals surface area contributed by atoms with Gasteiger partial charge in [-0.1, -0.05) is 6.92 Å². The topological polar surface area (TPSA) is 57.5 Å². The van der Waals surface area contributed by atoms with Crippen molar-refractivity contribution in [3.63, 3.8) is 0 Å². The van der Waals surface area contributed by atoms with E-state index in [0.717, 1.165) is 19.0 Å². The Kier molecular flexibility index (Phi) is 5.82. The Morgan fingerprint density at radius 1 is 1.33 bits per heavy atom. The van der Waals surface area contributed by atoms with Gasteiger partial charge >= 0.3 is 0 Å². The minimum absolute atomic E-state index is 0.0579. The molecular weight excluding hydrogens is 266 g/mol. The number of hydrogen-bond acceptors (Lipinski definition) is 3. The molecule has 0 aliphatic carbocycles. The zero-order valence-electron chi connectivity index (χ0n) is 13.0. The maximum Gasteiger partial charge on any atom is 0.242 e. The summed E-state index contributed by atoms with van der Waals surface area (Å²) in [6.45, 7) is 7.18. The summed E-state index contributed by atoms with van der Waals surface area (Å²) < 4.78 is 1.85. The molecule has 0 saturated carbocycles. The van der Waals surface area contributed by atoms with Crippen LogP contribution in [0.15, 0.2) is 24.5 Å². The first-order valence-electron chi connectivity index (χ1n) is 7.87. The second kappa shape index (κ2) is 7.61. The molecule has 2 rings (SSSR count). The molecular formula is C16H27N3O2. The summed E-state index contributed by atoms with van der Waals surface area (Å²) in [4.78, 5) is 14.3. The van der Waals surface area contributed by atoms with E-state index in [9.17, 15) is 9.90 Å². The van der Waals surface area contributed by atoms with Gasteiger partial charge in [-0.25, -0.2) is 0 Å². The number of likely N-dealkylation sites (tertiary alicyclic amines) is 1. The van der Waals surface area contributed by atoms with Crippen molar-refractivity contribution >= 4 is 5.91 Å². The van der Waals surface area contributed by atoms with Gasteiger partial charge in [0.15, 0.2) is 0 Å². The van der Waals surface area contributed by atoms with Crippen LogP contribution in [-0.4, -0.2) is 52.8 Å². The number of β-amino-alcohol motifs (C(OH)–C–C–N with tert-alkyl or cyclic N) is 1. The molecule has 5 heteroatoms. The largest absolute Gasteiger partial charge is 0.390 e. The van der Waals surface area contributed by atoms with Crippen LogP contribution in [0.2, 0.25) is 0 Å². The van der Waals surface area contributed by atoms with Gasteiger partial charge in [0.25, 0.3) is 0 Å². The van der Waals surface area contributed by atoms with Crippen LogP contribution in [0.1, 0.15) is 32.7 Å². The molecule has 0 bridgehead atoms. The van der Waals surface area contributed by atoms with E-state index < -0.39 is 6.10 Å². The van der Waals surface area contributed by atoms with Crippen LogP contribution in [0, 0.1) is 5.92 Å². The number of carbonyl (C=O) groups is 1. The van der Waals surface area contributed by atoms with Gasteiger partial charge in [-0.05, 0) is 50.9 Å². The summed E-state index contributed by atoms with van der Waals surface area (Å²) in [6, 6.07) is 3.55. The Morgan fingerprint density at radius 3 is 2.57 bits per heavy atom. The third-order valence-electron chi connectivity index (χ3n) is 4.31. The molecule has 1 aliphatic heterocycles. The number of aliphatic hydroxyl groups is 1. The normalized spacial score (nSPS) is 20.1. The lowest BCUT2D eigenvalue weighted by molar-refractivity contribution is -0.124. The van der Waals surface area contributed by atoms with Gasteiger partial charge < -0.3 is 19.9 Å². The number of carbonyl (C=O) groups excluding carboxylic acids is 1. The molecule has 21 heavy (non-hydrogen) atoms. The smallest absolute Gasteiger partial charge is 0.242 e. The van der Waals surface area contributed by atoms with Crippen LogP contribution in [-0.2, 0) is 4.79 Å². The number of aliphatic hydroxyl groups excluding tert-OH is 1. The zero-order chi connectivity index (χ0) is 15.2. The Morgan fingerprint density at radius 2 is 1.95 bits per heavy atom. The molecule has 1 fully saturated rings.